The second-order valence-corrected chi connectivity index (χ2v) is 3.72. The van der Waals surface area contributed by atoms with Crippen LogP contribution in [0.4, 0.5) is 0 Å². The lowest BCUT2D eigenvalue weighted by molar-refractivity contribution is 1.41. The van der Waals surface area contributed by atoms with Gasteiger partial charge in [-0.1, -0.05) is 44.0 Å². The van der Waals surface area contributed by atoms with Crippen molar-refractivity contribution in [3.8, 4) is 0 Å². The summed E-state index contributed by atoms with van der Waals surface area (Å²) in [6.07, 6.45) is 9.77. The van der Waals surface area contributed by atoms with Gasteiger partial charge in [-0.2, -0.15) is 11.8 Å². The van der Waals surface area contributed by atoms with Gasteiger partial charge in [0.15, 0.2) is 0 Å². The van der Waals surface area contributed by atoms with E-state index in [4.69, 9.17) is 0 Å². The van der Waals surface area contributed by atoms with Gasteiger partial charge in [-0.05, 0) is 29.9 Å². The van der Waals surface area contributed by atoms with E-state index in [1.807, 2.05) is 25.2 Å². The van der Waals surface area contributed by atoms with Crippen LogP contribution < -0.4 is 0 Å². The van der Waals surface area contributed by atoms with Gasteiger partial charge in [0.2, 0.25) is 0 Å². The highest BCUT2D eigenvalue weighted by Gasteiger charge is 2.01. The first-order chi connectivity index (χ1) is 6.67. The molecular weight excluding hydrogens is 188 g/mol. The lowest BCUT2D eigenvalue weighted by Gasteiger charge is -2.08. The minimum absolute atomic E-state index is 0.929. The molecule has 0 aromatic rings. The minimum atomic E-state index is 0.929. The van der Waals surface area contributed by atoms with E-state index in [0.29, 0.717) is 0 Å². The van der Waals surface area contributed by atoms with E-state index in [1.54, 1.807) is 17.8 Å². The number of allylic oxidation sites excluding steroid dienone is 6. The molecule has 76 valence electrons. The maximum absolute atomic E-state index is 4.03. The Kier molecular flexibility index (Phi) is 6.95. The molecule has 0 aromatic heterocycles. The number of rotatable bonds is 6. The zero-order valence-electron chi connectivity index (χ0n) is 9.05. The molecule has 0 N–H and O–H groups in total. The predicted molar refractivity (Wildman–Crippen MR) is 69.8 cm³/mol. The predicted octanol–water partition coefficient (Wildman–Crippen LogP) is 4.15. The SMILES string of the molecule is C=C/C=C\C(=C/C)C(=C)C(=C)CSC. The summed E-state index contributed by atoms with van der Waals surface area (Å²) in [6, 6.07) is 0. The Morgan fingerprint density at radius 1 is 1.36 bits per heavy atom. The zero-order chi connectivity index (χ0) is 11.0. The van der Waals surface area contributed by atoms with E-state index < -0.39 is 0 Å². The second kappa shape index (κ2) is 7.45. The Balaban J connectivity index is 4.56. The van der Waals surface area contributed by atoms with Crippen LogP contribution in [-0.4, -0.2) is 12.0 Å². The van der Waals surface area contributed by atoms with Crippen molar-refractivity contribution in [2.45, 2.75) is 6.92 Å². The van der Waals surface area contributed by atoms with Gasteiger partial charge in [-0.3, -0.25) is 0 Å². The lowest BCUT2D eigenvalue weighted by atomic mass is 10.0. The fourth-order valence-electron chi connectivity index (χ4n) is 1.01. The largest absolute Gasteiger partial charge is 0.161 e. The molecule has 14 heavy (non-hydrogen) atoms. The Labute approximate surface area is 91.8 Å². The second-order valence-electron chi connectivity index (χ2n) is 2.85. The molecule has 0 fully saturated rings. The molecule has 0 unspecified atom stereocenters. The molecule has 0 atom stereocenters. The molecule has 0 bridgehead atoms. The van der Waals surface area contributed by atoms with E-state index >= 15 is 0 Å². The van der Waals surface area contributed by atoms with Crippen LogP contribution in [0.15, 0.2) is 60.8 Å². The quantitative estimate of drug-likeness (QED) is 0.588. The molecule has 0 radical (unpaired) electrons. The molecule has 0 aromatic carbocycles. The van der Waals surface area contributed by atoms with Crippen LogP contribution in [0.3, 0.4) is 0 Å². The standard InChI is InChI=1S/C13H18S/c1-6-8-9-13(7-2)12(4)11(3)10-14-5/h6-9H,1,3-4,10H2,2,5H3/b9-8-,13-7+. The molecular formula is C13H18S. The smallest absolute Gasteiger partial charge is 0.0181 e. The van der Waals surface area contributed by atoms with Gasteiger partial charge in [0, 0.05) is 5.75 Å². The summed E-state index contributed by atoms with van der Waals surface area (Å²) in [4.78, 5) is 0. The van der Waals surface area contributed by atoms with Crippen molar-refractivity contribution in [1.82, 2.24) is 0 Å². The Morgan fingerprint density at radius 2 is 2.00 bits per heavy atom. The van der Waals surface area contributed by atoms with Gasteiger partial charge >= 0.3 is 0 Å². The first-order valence-electron chi connectivity index (χ1n) is 4.49. The van der Waals surface area contributed by atoms with Gasteiger partial charge in [-0.25, -0.2) is 0 Å². The van der Waals surface area contributed by atoms with Crippen molar-refractivity contribution in [3.05, 3.63) is 60.8 Å². The zero-order valence-corrected chi connectivity index (χ0v) is 9.86. The summed E-state index contributed by atoms with van der Waals surface area (Å²) in [7, 11) is 0. The van der Waals surface area contributed by atoms with Gasteiger partial charge in [0.05, 0.1) is 0 Å². The molecule has 0 aliphatic heterocycles. The maximum Gasteiger partial charge on any atom is 0.0181 e. The molecule has 0 spiro atoms. The summed E-state index contributed by atoms with van der Waals surface area (Å²) in [5.74, 6) is 0.929. The van der Waals surface area contributed by atoms with Crippen molar-refractivity contribution in [1.29, 1.82) is 0 Å². The van der Waals surface area contributed by atoms with Gasteiger partial charge < -0.3 is 0 Å². The molecule has 0 aliphatic carbocycles. The first-order valence-corrected chi connectivity index (χ1v) is 5.88. The van der Waals surface area contributed by atoms with E-state index in [-0.39, 0.29) is 0 Å². The van der Waals surface area contributed by atoms with Gasteiger partial charge in [0.25, 0.3) is 0 Å². The molecule has 0 nitrogen and oxygen atoms in total. The first kappa shape index (κ1) is 13.1. The third-order valence-electron chi connectivity index (χ3n) is 1.82. The number of hydrogen-bond donors (Lipinski definition) is 0. The summed E-state index contributed by atoms with van der Waals surface area (Å²) in [5.41, 5.74) is 3.21. The molecule has 0 heterocycles. The highest BCUT2D eigenvalue weighted by atomic mass is 32.2. The summed E-state index contributed by atoms with van der Waals surface area (Å²) in [5, 5.41) is 0. The van der Waals surface area contributed by atoms with Crippen molar-refractivity contribution >= 4 is 11.8 Å². The molecule has 0 saturated heterocycles. The van der Waals surface area contributed by atoms with Crippen LogP contribution in [0.5, 0.6) is 0 Å². The van der Waals surface area contributed by atoms with E-state index in [9.17, 15) is 0 Å². The van der Waals surface area contributed by atoms with Crippen LogP contribution in [0, 0.1) is 0 Å². The van der Waals surface area contributed by atoms with Crippen LogP contribution >= 0.6 is 11.8 Å². The fraction of sp³-hybridized carbons (Fsp3) is 0.231. The summed E-state index contributed by atoms with van der Waals surface area (Å²) >= 11 is 1.76. The highest BCUT2D eigenvalue weighted by molar-refractivity contribution is 7.98. The highest BCUT2D eigenvalue weighted by Crippen LogP contribution is 2.19. The number of thioether (sulfide) groups is 1. The average molecular weight is 206 g/mol. The third kappa shape index (κ3) is 4.33. The lowest BCUT2D eigenvalue weighted by Crippen LogP contribution is -1.92. The van der Waals surface area contributed by atoms with Gasteiger partial charge in [-0.15, -0.1) is 0 Å². The van der Waals surface area contributed by atoms with Crippen molar-refractivity contribution < 1.29 is 0 Å². The fourth-order valence-corrected chi connectivity index (χ4v) is 1.53. The summed E-state index contributed by atoms with van der Waals surface area (Å²) in [6.45, 7) is 13.7. The van der Waals surface area contributed by atoms with Crippen molar-refractivity contribution in [3.63, 3.8) is 0 Å². The molecule has 0 aliphatic rings. The normalized spacial score (nSPS) is 11.7. The molecule has 0 saturated carbocycles. The average Bonchev–Trinajstić information content (AvgIpc) is 2.19. The Bertz CT molecular complexity index is 280. The van der Waals surface area contributed by atoms with Gasteiger partial charge in [0.1, 0.15) is 0 Å². The molecule has 0 rings (SSSR count). The van der Waals surface area contributed by atoms with Crippen molar-refractivity contribution in [2.24, 2.45) is 0 Å². The Hall–Kier alpha value is -0.950. The summed E-state index contributed by atoms with van der Waals surface area (Å²) < 4.78 is 0. The third-order valence-corrected chi connectivity index (χ3v) is 2.45. The monoisotopic (exact) mass is 206 g/mol. The topological polar surface area (TPSA) is 0 Å². The van der Waals surface area contributed by atoms with Crippen molar-refractivity contribution in [2.75, 3.05) is 12.0 Å². The maximum atomic E-state index is 4.03. The van der Waals surface area contributed by atoms with E-state index in [0.717, 1.165) is 22.5 Å². The van der Waals surface area contributed by atoms with E-state index in [2.05, 4.69) is 26.0 Å². The van der Waals surface area contributed by atoms with Crippen LogP contribution in [0.2, 0.25) is 0 Å². The van der Waals surface area contributed by atoms with Crippen LogP contribution in [-0.2, 0) is 0 Å². The minimum Gasteiger partial charge on any atom is -0.161 e. The van der Waals surface area contributed by atoms with E-state index in [1.165, 1.54) is 0 Å². The molecule has 1 heteroatoms. The molecule has 0 amide bonds. The number of hydrogen-bond acceptors (Lipinski definition) is 1. The van der Waals surface area contributed by atoms with Crippen LogP contribution in [0.1, 0.15) is 6.92 Å². The Morgan fingerprint density at radius 3 is 2.43 bits per heavy atom. The van der Waals surface area contributed by atoms with Crippen LogP contribution in [0.25, 0.3) is 0 Å².